The van der Waals surface area contributed by atoms with Gasteiger partial charge in [-0.1, -0.05) is 0 Å². The van der Waals surface area contributed by atoms with E-state index in [2.05, 4.69) is 16.0 Å². The summed E-state index contributed by atoms with van der Waals surface area (Å²) in [5.41, 5.74) is 5.49. The van der Waals surface area contributed by atoms with Crippen LogP contribution >= 0.6 is 0 Å². The van der Waals surface area contributed by atoms with Gasteiger partial charge in [-0.05, 0) is 38.6 Å². The van der Waals surface area contributed by atoms with Crippen molar-refractivity contribution in [3.05, 3.63) is 0 Å². The Kier molecular flexibility index (Phi) is 11.9. The van der Waals surface area contributed by atoms with Crippen LogP contribution in [0.4, 0.5) is 0 Å². The van der Waals surface area contributed by atoms with Crippen molar-refractivity contribution >= 4 is 35.6 Å². The lowest BCUT2D eigenvalue weighted by molar-refractivity contribution is -0.149. The van der Waals surface area contributed by atoms with Crippen LogP contribution in [-0.4, -0.2) is 99.7 Å². The second-order valence-corrected chi connectivity index (χ2v) is 7.97. The molecule has 14 heteroatoms. The average Bonchev–Trinajstić information content (AvgIpc) is 3.25. The number of aliphatic hydroxyl groups is 1. The molecule has 0 bridgehead atoms. The topological polar surface area (TPSA) is 228 Å². The summed E-state index contributed by atoms with van der Waals surface area (Å²) in [5.74, 6) is -5.80. The molecule has 0 radical (unpaired) electrons. The average molecular weight is 488 g/mol. The van der Waals surface area contributed by atoms with E-state index < -0.39 is 72.8 Å². The lowest BCUT2D eigenvalue weighted by atomic mass is 10.1. The second-order valence-electron chi connectivity index (χ2n) is 7.97. The maximum absolute atomic E-state index is 13.1. The van der Waals surface area contributed by atoms with Crippen LogP contribution in [0.1, 0.15) is 45.4 Å². The first-order valence-corrected chi connectivity index (χ1v) is 11.0. The van der Waals surface area contributed by atoms with Crippen LogP contribution in [0.2, 0.25) is 0 Å². The van der Waals surface area contributed by atoms with E-state index >= 15 is 0 Å². The molecule has 1 aliphatic heterocycles. The molecule has 8 N–H and O–H groups in total. The Morgan fingerprint density at radius 3 is 2.12 bits per heavy atom. The van der Waals surface area contributed by atoms with Gasteiger partial charge >= 0.3 is 11.9 Å². The van der Waals surface area contributed by atoms with Gasteiger partial charge < -0.3 is 41.9 Å². The highest BCUT2D eigenvalue weighted by atomic mass is 16.4. The van der Waals surface area contributed by atoms with Crippen molar-refractivity contribution in [3.63, 3.8) is 0 Å². The highest BCUT2D eigenvalue weighted by Crippen LogP contribution is 2.20. The monoisotopic (exact) mass is 487 g/mol. The number of amides is 4. The molecule has 192 valence electrons. The molecule has 14 nitrogen and oxygen atoms in total. The van der Waals surface area contributed by atoms with Gasteiger partial charge in [-0.3, -0.25) is 24.0 Å². The molecule has 1 aliphatic rings. The Balaban J connectivity index is 3.03. The number of unbranched alkanes of at least 4 members (excludes halogenated alkanes) is 1. The first-order valence-electron chi connectivity index (χ1n) is 11.0. The van der Waals surface area contributed by atoms with E-state index in [0.717, 1.165) is 6.92 Å². The van der Waals surface area contributed by atoms with Crippen molar-refractivity contribution in [1.82, 2.24) is 20.9 Å². The molecule has 1 fully saturated rings. The maximum Gasteiger partial charge on any atom is 0.326 e. The van der Waals surface area contributed by atoms with E-state index in [9.17, 15) is 39.0 Å². The molecule has 4 amide bonds. The number of hydrogen-bond donors (Lipinski definition) is 7. The summed E-state index contributed by atoms with van der Waals surface area (Å²) in [6.07, 6.45) is 1.02. The minimum atomic E-state index is -1.62. The Bertz CT molecular complexity index is 776. The summed E-state index contributed by atoms with van der Waals surface area (Å²) in [6, 6.07) is -5.22. The molecule has 1 rings (SSSR count). The van der Waals surface area contributed by atoms with Crippen LogP contribution in [0, 0.1) is 0 Å². The molecule has 1 saturated heterocycles. The Morgan fingerprint density at radius 1 is 0.971 bits per heavy atom. The van der Waals surface area contributed by atoms with Gasteiger partial charge in [0.05, 0.1) is 13.0 Å². The van der Waals surface area contributed by atoms with Crippen molar-refractivity contribution in [2.24, 2.45) is 5.73 Å². The van der Waals surface area contributed by atoms with Crippen molar-refractivity contribution in [3.8, 4) is 0 Å². The first-order chi connectivity index (χ1) is 16.0. The van der Waals surface area contributed by atoms with Gasteiger partial charge in [0.1, 0.15) is 24.2 Å². The van der Waals surface area contributed by atoms with Crippen LogP contribution in [-0.2, 0) is 28.8 Å². The Morgan fingerprint density at radius 2 is 1.59 bits per heavy atom. The predicted molar refractivity (Wildman–Crippen MR) is 116 cm³/mol. The number of likely N-dealkylation sites (tertiary alicyclic amines) is 1. The minimum absolute atomic E-state index is 0.128. The first kappa shape index (κ1) is 28.8. The lowest BCUT2D eigenvalue weighted by Crippen LogP contribution is -2.58. The van der Waals surface area contributed by atoms with Crippen LogP contribution in [0.25, 0.3) is 0 Å². The molecule has 0 aromatic rings. The highest BCUT2D eigenvalue weighted by molar-refractivity contribution is 5.96. The fourth-order valence-corrected chi connectivity index (χ4v) is 3.61. The quantitative estimate of drug-likeness (QED) is 0.124. The molecule has 34 heavy (non-hydrogen) atoms. The zero-order chi connectivity index (χ0) is 25.8. The van der Waals surface area contributed by atoms with E-state index in [1.165, 1.54) is 4.90 Å². The second kappa shape index (κ2) is 14.1. The molecule has 0 aliphatic carbocycles. The fourth-order valence-electron chi connectivity index (χ4n) is 3.61. The molecular weight excluding hydrogens is 454 g/mol. The summed E-state index contributed by atoms with van der Waals surface area (Å²) in [7, 11) is 0. The Labute approximate surface area is 196 Å². The van der Waals surface area contributed by atoms with Gasteiger partial charge in [-0.25, -0.2) is 4.79 Å². The number of carbonyl (C=O) groups is 6. The van der Waals surface area contributed by atoms with Crippen molar-refractivity contribution in [2.75, 3.05) is 19.7 Å². The van der Waals surface area contributed by atoms with Gasteiger partial charge in [-0.2, -0.15) is 0 Å². The maximum atomic E-state index is 13.1. The number of rotatable bonds is 14. The highest BCUT2D eigenvalue weighted by Gasteiger charge is 2.38. The zero-order valence-electron chi connectivity index (χ0n) is 19.0. The third kappa shape index (κ3) is 8.94. The smallest absolute Gasteiger partial charge is 0.326 e. The third-order valence-corrected chi connectivity index (χ3v) is 5.27. The molecule has 0 aromatic heterocycles. The van der Waals surface area contributed by atoms with Crippen LogP contribution in [0.3, 0.4) is 0 Å². The van der Waals surface area contributed by atoms with E-state index in [4.69, 9.17) is 10.8 Å². The SMILES string of the molecule is CC(=O)N[C@H](CO)C(=O)N[C@@H](CC(=O)O)C(=O)N[C@H](CCCCN)C(=O)N1CCC[C@@H]1C(=O)O. The number of carboxylic acids is 2. The van der Waals surface area contributed by atoms with Gasteiger partial charge in [-0.15, -0.1) is 0 Å². The predicted octanol–water partition coefficient (Wildman–Crippen LogP) is -2.87. The van der Waals surface area contributed by atoms with E-state index in [-0.39, 0.29) is 19.4 Å². The van der Waals surface area contributed by atoms with Crippen molar-refractivity contribution in [2.45, 2.75) is 69.6 Å². The standard InChI is InChI=1S/C20H33N5O9/c1-11(27)22-14(10-26)18(31)24-13(9-16(28)29)17(30)23-12(5-2-3-7-21)19(32)25-8-4-6-15(25)20(33)34/h12-15,26H,2-10,21H2,1H3,(H,22,27)(H,23,30)(H,24,31)(H,28,29)(H,33,34)/t12-,13+,14-,15-/m1/s1. The largest absolute Gasteiger partial charge is 0.481 e. The Hall–Kier alpha value is -3.26. The normalized spacial score (nSPS) is 17.9. The molecule has 0 aromatic carbocycles. The molecule has 0 spiro atoms. The summed E-state index contributed by atoms with van der Waals surface area (Å²) in [5, 5.41) is 34.6. The number of carbonyl (C=O) groups excluding carboxylic acids is 4. The van der Waals surface area contributed by atoms with Crippen molar-refractivity contribution in [1.29, 1.82) is 0 Å². The number of aliphatic hydroxyl groups excluding tert-OH is 1. The van der Waals surface area contributed by atoms with Crippen LogP contribution in [0.5, 0.6) is 0 Å². The minimum Gasteiger partial charge on any atom is -0.481 e. The number of aliphatic carboxylic acids is 2. The summed E-state index contributed by atoms with van der Waals surface area (Å²) in [4.78, 5) is 73.4. The summed E-state index contributed by atoms with van der Waals surface area (Å²) < 4.78 is 0. The number of nitrogens with one attached hydrogen (secondary N) is 3. The van der Waals surface area contributed by atoms with Gasteiger partial charge in [0.15, 0.2) is 0 Å². The van der Waals surface area contributed by atoms with E-state index in [1.54, 1.807) is 0 Å². The molecule has 0 saturated carbocycles. The van der Waals surface area contributed by atoms with Crippen LogP contribution < -0.4 is 21.7 Å². The number of hydrogen-bond acceptors (Lipinski definition) is 8. The molecular formula is C20H33N5O9. The van der Waals surface area contributed by atoms with Crippen molar-refractivity contribution < 1.29 is 44.1 Å². The summed E-state index contributed by atoms with van der Waals surface area (Å²) in [6.45, 7) is 0.846. The number of nitrogens with two attached hydrogens (primary N) is 1. The zero-order valence-corrected chi connectivity index (χ0v) is 19.0. The molecule has 0 unspecified atom stereocenters. The number of nitrogens with zero attached hydrogens (tertiary/aromatic N) is 1. The number of carboxylic acid groups (broad SMARTS) is 2. The molecule has 1 heterocycles. The lowest BCUT2D eigenvalue weighted by Gasteiger charge is -2.29. The van der Waals surface area contributed by atoms with Gasteiger partial charge in [0.2, 0.25) is 23.6 Å². The fraction of sp³-hybridized carbons (Fsp3) is 0.700. The van der Waals surface area contributed by atoms with E-state index in [0.29, 0.717) is 25.8 Å². The molecule has 4 atom stereocenters. The van der Waals surface area contributed by atoms with E-state index in [1.807, 2.05) is 0 Å². The van der Waals surface area contributed by atoms with Crippen LogP contribution in [0.15, 0.2) is 0 Å². The third-order valence-electron chi connectivity index (χ3n) is 5.27. The van der Waals surface area contributed by atoms with Gasteiger partial charge in [0.25, 0.3) is 0 Å². The summed E-state index contributed by atoms with van der Waals surface area (Å²) >= 11 is 0. The van der Waals surface area contributed by atoms with Gasteiger partial charge in [0, 0.05) is 13.5 Å².